The van der Waals surface area contributed by atoms with Crippen molar-refractivity contribution in [2.24, 2.45) is 0 Å². The zero-order valence-electron chi connectivity index (χ0n) is 11.9. The fourth-order valence-corrected chi connectivity index (χ4v) is 2.34. The molecule has 0 aliphatic carbocycles. The number of benzene rings is 1. The van der Waals surface area contributed by atoms with E-state index in [0.717, 1.165) is 22.5 Å². The highest BCUT2D eigenvalue weighted by atomic mass is 35.5. The van der Waals surface area contributed by atoms with Crippen molar-refractivity contribution in [1.82, 2.24) is 4.98 Å². The van der Waals surface area contributed by atoms with E-state index in [9.17, 15) is 4.79 Å². The summed E-state index contributed by atoms with van der Waals surface area (Å²) in [5, 5.41) is 9.26. The molecule has 0 bridgehead atoms. The van der Waals surface area contributed by atoms with Crippen LogP contribution in [-0.2, 0) is 11.2 Å². The Bertz CT molecular complexity index is 671. The minimum Gasteiger partial charge on any atom is -0.495 e. The predicted molar refractivity (Wildman–Crippen MR) is 81.9 cm³/mol. The maximum Gasteiger partial charge on any atom is 0.303 e. The second kappa shape index (κ2) is 6.59. The van der Waals surface area contributed by atoms with Crippen molar-refractivity contribution in [2.75, 3.05) is 7.11 Å². The number of aryl methyl sites for hydroxylation is 2. The zero-order chi connectivity index (χ0) is 15.4. The molecule has 5 heteroatoms. The van der Waals surface area contributed by atoms with Gasteiger partial charge in [-0.2, -0.15) is 0 Å². The number of carbonyl (C=O) groups is 1. The van der Waals surface area contributed by atoms with Crippen LogP contribution in [0.25, 0.3) is 11.3 Å². The molecule has 2 rings (SSSR count). The Labute approximate surface area is 128 Å². The van der Waals surface area contributed by atoms with Crippen LogP contribution < -0.4 is 4.74 Å². The summed E-state index contributed by atoms with van der Waals surface area (Å²) in [7, 11) is 1.57. The molecule has 0 saturated heterocycles. The van der Waals surface area contributed by atoms with Crippen molar-refractivity contribution in [1.29, 1.82) is 0 Å². The molecule has 21 heavy (non-hydrogen) atoms. The molecule has 1 N–H and O–H groups in total. The van der Waals surface area contributed by atoms with Crippen molar-refractivity contribution in [3.8, 4) is 17.0 Å². The highest BCUT2D eigenvalue weighted by Gasteiger charge is 2.08. The molecular weight excluding hydrogens is 290 g/mol. The fraction of sp³-hybridized carbons (Fsp3) is 0.250. The first-order chi connectivity index (χ1) is 10.0. The lowest BCUT2D eigenvalue weighted by atomic mass is 10.1. The van der Waals surface area contributed by atoms with E-state index in [-0.39, 0.29) is 6.42 Å². The average Bonchev–Trinajstić information content (AvgIpc) is 2.45. The SMILES string of the molecule is COc1ccc(-c2ccc(CCC(=O)O)c(C)n2)cc1Cl. The molecule has 0 spiro atoms. The number of hydrogen-bond acceptors (Lipinski definition) is 3. The first kappa shape index (κ1) is 15.3. The molecule has 2 aromatic rings. The van der Waals surface area contributed by atoms with Gasteiger partial charge >= 0.3 is 5.97 Å². The molecule has 0 radical (unpaired) electrons. The van der Waals surface area contributed by atoms with Crippen molar-refractivity contribution in [3.05, 3.63) is 46.6 Å². The Morgan fingerprint density at radius 3 is 2.67 bits per heavy atom. The number of ether oxygens (including phenoxy) is 1. The monoisotopic (exact) mass is 305 g/mol. The van der Waals surface area contributed by atoms with E-state index < -0.39 is 5.97 Å². The summed E-state index contributed by atoms with van der Waals surface area (Å²) in [5.74, 6) is -0.185. The number of halogens is 1. The lowest BCUT2D eigenvalue weighted by Gasteiger charge is -2.09. The minimum atomic E-state index is -0.805. The van der Waals surface area contributed by atoms with Crippen LogP contribution in [-0.4, -0.2) is 23.2 Å². The Morgan fingerprint density at radius 1 is 1.33 bits per heavy atom. The Hall–Kier alpha value is -2.07. The van der Waals surface area contributed by atoms with Gasteiger partial charge in [0.25, 0.3) is 0 Å². The van der Waals surface area contributed by atoms with Crippen molar-refractivity contribution >= 4 is 17.6 Å². The Kier molecular flexibility index (Phi) is 4.81. The number of methoxy groups -OCH3 is 1. The molecule has 110 valence electrons. The third kappa shape index (κ3) is 3.73. The number of pyridine rings is 1. The van der Waals surface area contributed by atoms with Gasteiger partial charge < -0.3 is 9.84 Å². The molecule has 1 aromatic heterocycles. The van der Waals surface area contributed by atoms with Crippen LogP contribution in [0.15, 0.2) is 30.3 Å². The second-order valence-corrected chi connectivity index (χ2v) is 5.09. The van der Waals surface area contributed by atoms with Crippen LogP contribution in [0.5, 0.6) is 5.75 Å². The summed E-state index contributed by atoms with van der Waals surface area (Å²) >= 11 is 6.12. The largest absolute Gasteiger partial charge is 0.495 e. The fourth-order valence-electron chi connectivity index (χ4n) is 2.08. The Balaban J connectivity index is 2.27. The van der Waals surface area contributed by atoms with E-state index in [4.69, 9.17) is 21.4 Å². The van der Waals surface area contributed by atoms with Gasteiger partial charge in [0, 0.05) is 17.7 Å². The molecular formula is C16H16ClNO3. The maximum atomic E-state index is 10.6. The predicted octanol–water partition coefficient (Wildman–Crippen LogP) is 3.74. The molecule has 0 aliphatic heterocycles. The van der Waals surface area contributed by atoms with E-state index in [0.29, 0.717) is 17.2 Å². The maximum absolute atomic E-state index is 10.6. The standard InChI is InChI=1S/C16H16ClNO3/c1-10-11(5-8-16(19)20)3-6-14(18-10)12-4-7-15(21-2)13(17)9-12/h3-4,6-7,9H,5,8H2,1-2H3,(H,19,20). The molecule has 0 unspecified atom stereocenters. The summed E-state index contributed by atoms with van der Waals surface area (Å²) in [6, 6.07) is 9.29. The number of nitrogens with zero attached hydrogens (tertiary/aromatic N) is 1. The average molecular weight is 306 g/mol. The number of carboxylic acids is 1. The van der Waals surface area contributed by atoms with Gasteiger partial charge in [-0.25, -0.2) is 0 Å². The number of aromatic nitrogens is 1. The smallest absolute Gasteiger partial charge is 0.303 e. The molecule has 4 nitrogen and oxygen atoms in total. The van der Waals surface area contributed by atoms with E-state index in [1.807, 2.05) is 25.1 Å². The normalized spacial score (nSPS) is 10.4. The van der Waals surface area contributed by atoms with Crippen molar-refractivity contribution in [3.63, 3.8) is 0 Å². The number of carboxylic acid groups (broad SMARTS) is 1. The van der Waals surface area contributed by atoms with Crippen molar-refractivity contribution < 1.29 is 14.6 Å². The van der Waals surface area contributed by atoms with Gasteiger partial charge in [0.05, 0.1) is 17.8 Å². The first-order valence-electron chi connectivity index (χ1n) is 6.53. The molecule has 0 amide bonds. The Morgan fingerprint density at radius 2 is 2.10 bits per heavy atom. The van der Waals surface area contributed by atoms with Gasteiger partial charge in [0.1, 0.15) is 5.75 Å². The van der Waals surface area contributed by atoms with Crippen LogP contribution >= 0.6 is 11.6 Å². The third-order valence-electron chi connectivity index (χ3n) is 3.25. The second-order valence-electron chi connectivity index (χ2n) is 4.68. The van der Waals surface area contributed by atoms with Gasteiger partial charge in [-0.05, 0) is 43.2 Å². The first-order valence-corrected chi connectivity index (χ1v) is 6.91. The van der Waals surface area contributed by atoms with Gasteiger partial charge in [-0.3, -0.25) is 9.78 Å². The van der Waals surface area contributed by atoms with Crippen LogP contribution in [0, 0.1) is 6.92 Å². The van der Waals surface area contributed by atoms with Crippen LogP contribution in [0.1, 0.15) is 17.7 Å². The number of rotatable bonds is 5. The van der Waals surface area contributed by atoms with Gasteiger partial charge in [0.2, 0.25) is 0 Å². The molecule has 0 aliphatic rings. The van der Waals surface area contributed by atoms with Gasteiger partial charge in [-0.15, -0.1) is 0 Å². The highest BCUT2D eigenvalue weighted by Crippen LogP contribution is 2.29. The molecule has 1 aromatic carbocycles. The topological polar surface area (TPSA) is 59.4 Å². The van der Waals surface area contributed by atoms with Gasteiger partial charge in [0.15, 0.2) is 0 Å². The van der Waals surface area contributed by atoms with Crippen LogP contribution in [0.3, 0.4) is 0 Å². The summed E-state index contributed by atoms with van der Waals surface area (Å²) in [6.07, 6.45) is 0.591. The van der Waals surface area contributed by atoms with Gasteiger partial charge in [-0.1, -0.05) is 17.7 Å². The van der Waals surface area contributed by atoms with Crippen LogP contribution in [0.2, 0.25) is 5.02 Å². The lowest BCUT2D eigenvalue weighted by Crippen LogP contribution is -2.00. The van der Waals surface area contributed by atoms with E-state index in [1.54, 1.807) is 19.2 Å². The van der Waals surface area contributed by atoms with E-state index >= 15 is 0 Å². The zero-order valence-corrected chi connectivity index (χ0v) is 12.6. The lowest BCUT2D eigenvalue weighted by molar-refractivity contribution is -0.136. The minimum absolute atomic E-state index is 0.107. The summed E-state index contributed by atoms with van der Waals surface area (Å²) in [5.41, 5.74) is 3.48. The summed E-state index contributed by atoms with van der Waals surface area (Å²) < 4.78 is 5.13. The molecule has 1 heterocycles. The molecule has 0 saturated carbocycles. The third-order valence-corrected chi connectivity index (χ3v) is 3.55. The molecule has 0 fully saturated rings. The summed E-state index contributed by atoms with van der Waals surface area (Å²) in [6.45, 7) is 1.88. The molecule has 0 atom stereocenters. The van der Waals surface area contributed by atoms with Crippen LogP contribution in [0.4, 0.5) is 0 Å². The number of aliphatic carboxylic acids is 1. The van der Waals surface area contributed by atoms with E-state index in [2.05, 4.69) is 4.98 Å². The van der Waals surface area contributed by atoms with Crippen molar-refractivity contribution in [2.45, 2.75) is 19.8 Å². The quantitative estimate of drug-likeness (QED) is 0.914. The van der Waals surface area contributed by atoms with E-state index in [1.165, 1.54) is 0 Å². The summed E-state index contributed by atoms with van der Waals surface area (Å²) in [4.78, 5) is 15.1. The number of hydrogen-bond donors (Lipinski definition) is 1. The highest BCUT2D eigenvalue weighted by molar-refractivity contribution is 6.32.